The Labute approximate surface area is 165 Å². The Morgan fingerprint density at radius 2 is 2.04 bits per heavy atom. The Kier molecular flexibility index (Phi) is 4.32. The van der Waals surface area contributed by atoms with Crippen molar-refractivity contribution in [2.75, 3.05) is 6.54 Å². The molecule has 0 bridgehead atoms. The minimum atomic E-state index is -0.100. The summed E-state index contributed by atoms with van der Waals surface area (Å²) in [5, 5.41) is 2.99. The van der Waals surface area contributed by atoms with Crippen molar-refractivity contribution in [2.24, 2.45) is 0 Å². The van der Waals surface area contributed by atoms with Crippen LogP contribution < -0.4 is 5.32 Å². The van der Waals surface area contributed by atoms with Crippen LogP contribution in [-0.4, -0.2) is 28.0 Å². The van der Waals surface area contributed by atoms with Gasteiger partial charge in [-0.25, -0.2) is 0 Å². The quantitative estimate of drug-likeness (QED) is 0.736. The number of hydrogen-bond acceptors (Lipinski definition) is 3. The maximum absolute atomic E-state index is 12.2. The lowest BCUT2D eigenvalue weighted by atomic mass is 9.98. The fourth-order valence-electron chi connectivity index (χ4n) is 4.09. The molecule has 3 aromatic rings. The number of rotatable bonds is 5. The first-order chi connectivity index (χ1) is 13.7. The molecule has 0 saturated heterocycles. The van der Waals surface area contributed by atoms with E-state index in [1.807, 2.05) is 6.07 Å². The lowest BCUT2D eigenvalue weighted by molar-refractivity contribution is 0.0916. The van der Waals surface area contributed by atoms with Gasteiger partial charge in [-0.3, -0.25) is 9.69 Å². The van der Waals surface area contributed by atoms with E-state index in [4.69, 9.17) is 4.42 Å². The van der Waals surface area contributed by atoms with Gasteiger partial charge in [-0.05, 0) is 49.6 Å². The topological polar surface area (TPSA) is 50.4 Å². The summed E-state index contributed by atoms with van der Waals surface area (Å²) < 4.78 is 8.23. The molecule has 5 heteroatoms. The maximum Gasteiger partial charge on any atom is 0.287 e. The van der Waals surface area contributed by atoms with Gasteiger partial charge in [-0.2, -0.15) is 0 Å². The van der Waals surface area contributed by atoms with Gasteiger partial charge in [0.2, 0.25) is 0 Å². The molecular formula is C23H25N3O2. The highest BCUT2D eigenvalue weighted by atomic mass is 16.4. The molecule has 28 heavy (non-hydrogen) atoms. The van der Waals surface area contributed by atoms with E-state index in [2.05, 4.69) is 64.3 Å². The van der Waals surface area contributed by atoms with Gasteiger partial charge in [0.1, 0.15) is 5.76 Å². The standard InChI is InChI=1S/C23H25N3O2/c1-16-4-2-5-17(14-16)22-20-6-3-11-25(20)12-13-26(22)15-19-9-10-21(28-19)23(27)24-18-7-8-18/h2-6,9-11,14,18,22H,7-8,12-13,15H2,1H3,(H,24,27). The average Bonchev–Trinajstić information content (AvgIpc) is 3.17. The summed E-state index contributed by atoms with van der Waals surface area (Å²) in [6.07, 6.45) is 4.30. The van der Waals surface area contributed by atoms with Crippen LogP contribution in [-0.2, 0) is 13.1 Å². The van der Waals surface area contributed by atoms with Crippen LogP contribution in [0.25, 0.3) is 0 Å². The third kappa shape index (κ3) is 3.38. The van der Waals surface area contributed by atoms with E-state index in [0.717, 1.165) is 31.7 Å². The molecule has 1 aromatic carbocycles. The predicted octanol–water partition coefficient (Wildman–Crippen LogP) is 3.89. The Hall–Kier alpha value is -2.79. The van der Waals surface area contributed by atoms with Gasteiger partial charge in [0.25, 0.3) is 5.91 Å². The number of benzene rings is 1. The third-order valence-corrected chi connectivity index (χ3v) is 5.65. The summed E-state index contributed by atoms with van der Waals surface area (Å²) >= 11 is 0. The Morgan fingerprint density at radius 3 is 2.86 bits per heavy atom. The van der Waals surface area contributed by atoms with Crippen LogP contribution in [0.5, 0.6) is 0 Å². The van der Waals surface area contributed by atoms with Crippen LogP contribution in [0.3, 0.4) is 0 Å². The molecular weight excluding hydrogens is 350 g/mol. The van der Waals surface area contributed by atoms with Gasteiger partial charge in [0.05, 0.1) is 12.6 Å². The van der Waals surface area contributed by atoms with E-state index in [1.54, 1.807) is 6.07 Å². The molecule has 1 aliphatic heterocycles. The van der Waals surface area contributed by atoms with E-state index >= 15 is 0 Å². The molecule has 1 aliphatic carbocycles. The van der Waals surface area contributed by atoms with E-state index < -0.39 is 0 Å². The number of hydrogen-bond donors (Lipinski definition) is 1. The Morgan fingerprint density at radius 1 is 1.14 bits per heavy atom. The van der Waals surface area contributed by atoms with Crippen LogP contribution in [0.2, 0.25) is 0 Å². The fraction of sp³-hybridized carbons (Fsp3) is 0.348. The lowest BCUT2D eigenvalue weighted by Crippen LogP contribution is -2.37. The number of aryl methyl sites for hydroxylation is 1. The third-order valence-electron chi connectivity index (χ3n) is 5.65. The number of carbonyl (C=O) groups is 1. The monoisotopic (exact) mass is 375 g/mol. The fourth-order valence-corrected chi connectivity index (χ4v) is 4.09. The molecule has 2 aliphatic rings. The smallest absolute Gasteiger partial charge is 0.287 e. The first-order valence-electron chi connectivity index (χ1n) is 10.0. The van der Waals surface area contributed by atoms with Crippen molar-refractivity contribution in [1.29, 1.82) is 0 Å². The zero-order valence-electron chi connectivity index (χ0n) is 16.1. The second-order valence-corrected chi connectivity index (χ2v) is 7.93. The molecule has 5 rings (SSSR count). The molecule has 2 aromatic heterocycles. The van der Waals surface area contributed by atoms with Gasteiger partial charge >= 0.3 is 0 Å². The SMILES string of the molecule is Cc1cccc(C2c3cccn3CCN2Cc2ccc(C(=O)NC3CC3)o2)c1. The zero-order valence-corrected chi connectivity index (χ0v) is 16.1. The molecule has 1 saturated carbocycles. The molecule has 1 amide bonds. The summed E-state index contributed by atoms with van der Waals surface area (Å²) in [7, 11) is 0. The van der Waals surface area contributed by atoms with Crippen molar-refractivity contribution in [3.63, 3.8) is 0 Å². The van der Waals surface area contributed by atoms with Gasteiger partial charge in [-0.15, -0.1) is 0 Å². The number of fused-ring (bicyclic) bond motifs is 1. The van der Waals surface area contributed by atoms with Gasteiger partial charge in [0, 0.05) is 31.0 Å². The predicted molar refractivity (Wildman–Crippen MR) is 107 cm³/mol. The Balaban J connectivity index is 1.40. The largest absolute Gasteiger partial charge is 0.455 e. The highest BCUT2D eigenvalue weighted by Gasteiger charge is 2.30. The van der Waals surface area contributed by atoms with Crippen molar-refractivity contribution in [1.82, 2.24) is 14.8 Å². The summed E-state index contributed by atoms with van der Waals surface area (Å²) in [5.41, 5.74) is 3.85. The van der Waals surface area contributed by atoms with Crippen LogP contribution >= 0.6 is 0 Å². The number of aromatic nitrogens is 1. The summed E-state index contributed by atoms with van der Waals surface area (Å²) in [6, 6.07) is 17.3. The number of nitrogens with zero attached hydrogens (tertiary/aromatic N) is 2. The number of carbonyl (C=O) groups excluding carboxylic acids is 1. The van der Waals surface area contributed by atoms with Crippen molar-refractivity contribution in [2.45, 2.75) is 44.9 Å². The molecule has 3 heterocycles. The molecule has 144 valence electrons. The van der Waals surface area contributed by atoms with E-state index in [1.165, 1.54) is 16.8 Å². The number of amides is 1. The first kappa shape index (κ1) is 17.3. The maximum atomic E-state index is 12.2. The van der Waals surface area contributed by atoms with Crippen molar-refractivity contribution in [3.05, 3.63) is 83.1 Å². The second-order valence-electron chi connectivity index (χ2n) is 7.93. The normalized spacial score (nSPS) is 19.4. The van der Waals surface area contributed by atoms with Crippen LogP contribution in [0, 0.1) is 6.92 Å². The van der Waals surface area contributed by atoms with Gasteiger partial charge in [-0.1, -0.05) is 29.8 Å². The number of furan rings is 1. The molecule has 1 atom stereocenters. The zero-order chi connectivity index (χ0) is 19.1. The van der Waals surface area contributed by atoms with Gasteiger partial charge < -0.3 is 14.3 Å². The molecule has 0 spiro atoms. The summed E-state index contributed by atoms with van der Waals surface area (Å²) in [6.45, 7) is 4.71. The van der Waals surface area contributed by atoms with Gasteiger partial charge in [0.15, 0.2) is 5.76 Å². The minimum Gasteiger partial charge on any atom is -0.455 e. The van der Waals surface area contributed by atoms with Crippen molar-refractivity contribution >= 4 is 5.91 Å². The van der Waals surface area contributed by atoms with Crippen LogP contribution in [0.4, 0.5) is 0 Å². The van der Waals surface area contributed by atoms with Crippen molar-refractivity contribution < 1.29 is 9.21 Å². The highest BCUT2D eigenvalue weighted by Crippen LogP contribution is 2.34. The highest BCUT2D eigenvalue weighted by molar-refractivity contribution is 5.91. The van der Waals surface area contributed by atoms with E-state index in [-0.39, 0.29) is 11.9 Å². The molecule has 1 unspecified atom stereocenters. The Bertz CT molecular complexity index is 999. The van der Waals surface area contributed by atoms with E-state index in [0.29, 0.717) is 18.3 Å². The number of nitrogens with one attached hydrogen (secondary N) is 1. The molecule has 5 nitrogen and oxygen atoms in total. The first-order valence-corrected chi connectivity index (χ1v) is 10.0. The summed E-state index contributed by atoms with van der Waals surface area (Å²) in [4.78, 5) is 14.7. The molecule has 0 radical (unpaired) electrons. The summed E-state index contributed by atoms with van der Waals surface area (Å²) in [5.74, 6) is 1.14. The molecule has 1 N–H and O–H groups in total. The van der Waals surface area contributed by atoms with Crippen LogP contribution in [0.15, 0.2) is 59.1 Å². The van der Waals surface area contributed by atoms with Crippen LogP contribution in [0.1, 0.15) is 52.0 Å². The lowest BCUT2D eigenvalue weighted by Gasteiger charge is -2.37. The molecule has 1 fully saturated rings. The van der Waals surface area contributed by atoms with Crippen molar-refractivity contribution in [3.8, 4) is 0 Å². The minimum absolute atomic E-state index is 0.100. The second kappa shape index (κ2) is 6.99. The van der Waals surface area contributed by atoms with E-state index in [9.17, 15) is 4.79 Å². The average molecular weight is 375 g/mol.